The summed E-state index contributed by atoms with van der Waals surface area (Å²) in [7, 11) is -3.48. The van der Waals surface area contributed by atoms with Crippen molar-refractivity contribution in [2.24, 2.45) is 0 Å². The maximum atomic E-state index is 11.8. The number of rotatable bonds is 6. The molecule has 1 rings (SSSR count). The van der Waals surface area contributed by atoms with Gasteiger partial charge < -0.3 is 9.84 Å². The van der Waals surface area contributed by atoms with Gasteiger partial charge in [0, 0.05) is 32.7 Å². The molecular formula is C9H20N2O4S. The second kappa shape index (κ2) is 5.42. The summed E-state index contributed by atoms with van der Waals surface area (Å²) < 4.78 is 32.3. The highest BCUT2D eigenvalue weighted by molar-refractivity contribution is 7.87. The van der Waals surface area contributed by atoms with E-state index in [9.17, 15) is 13.5 Å². The fourth-order valence-corrected chi connectivity index (χ4v) is 2.93. The molecule has 0 spiro atoms. The lowest BCUT2D eigenvalue weighted by molar-refractivity contribution is 0.0311. The summed E-state index contributed by atoms with van der Waals surface area (Å²) >= 11 is 0. The van der Waals surface area contributed by atoms with Gasteiger partial charge in [-0.1, -0.05) is 13.8 Å². The van der Waals surface area contributed by atoms with Gasteiger partial charge in [0.15, 0.2) is 0 Å². The van der Waals surface area contributed by atoms with Gasteiger partial charge in [0.25, 0.3) is 10.2 Å². The average molecular weight is 252 g/mol. The number of nitrogens with zero attached hydrogens (tertiary/aromatic N) is 1. The Hall–Kier alpha value is -0.210. The van der Waals surface area contributed by atoms with Gasteiger partial charge in [-0.05, 0) is 0 Å². The van der Waals surface area contributed by atoms with Gasteiger partial charge >= 0.3 is 0 Å². The molecule has 1 unspecified atom stereocenters. The minimum atomic E-state index is -3.48. The molecule has 7 heteroatoms. The number of aliphatic hydroxyl groups is 1. The molecule has 0 aromatic rings. The summed E-state index contributed by atoms with van der Waals surface area (Å²) in [5.41, 5.74) is -1.06. The van der Waals surface area contributed by atoms with Crippen molar-refractivity contribution >= 4 is 10.2 Å². The summed E-state index contributed by atoms with van der Waals surface area (Å²) in [6, 6.07) is 0. The normalized spacial score (nSPS) is 26.5. The Bertz CT molecular complexity index is 307. The molecule has 96 valence electrons. The van der Waals surface area contributed by atoms with Crippen molar-refractivity contribution in [2.45, 2.75) is 25.9 Å². The molecule has 1 heterocycles. The Labute approximate surface area is 96.8 Å². The van der Waals surface area contributed by atoms with Crippen LogP contribution in [0, 0.1) is 0 Å². The zero-order chi connectivity index (χ0) is 12.2. The second-order valence-electron chi connectivity index (χ2n) is 3.94. The predicted octanol–water partition coefficient (Wildman–Crippen LogP) is -0.686. The van der Waals surface area contributed by atoms with Crippen LogP contribution < -0.4 is 4.72 Å². The molecule has 2 N–H and O–H groups in total. The molecule has 0 bridgehead atoms. The summed E-state index contributed by atoms with van der Waals surface area (Å²) in [6.45, 7) is 5.05. The quantitative estimate of drug-likeness (QED) is 0.656. The van der Waals surface area contributed by atoms with Crippen LogP contribution in [0.2, 0.25) is 0 Å². The van der Waals surface area contributed by atoms with E-state index in [1.807, 2.05) is 0 Å². The molecule has 1 fully saturated rings. The predicted molar refractivity (Wildman–Crippen MR) is 60.2 cm³/mol. The van der Waals surface area contributed by atoms with E-state index < -0.39 is 15.8 Å². The average Bonchev–Trinajstić information content (AvgIpc) is 2.65. The molecule has 1 saturated heterocycles. The Morgan fingerprint density at radius 2 is 2.06 bits per heavy atom. The van der Waals surface area contributed by atoms with Crippen molar-refractivity contribution in [1.29, 1.82) is 0 Å². The van der Waals surface area contributed by atoms with Crippen LogP contribution >= 0.6 is 0 Å². The molecule has 0 saturated carbocycles. The lowest BCUT2D eigenvalue weighted by atomic mass is 10.1. The third-order valence-electron chi connectivity index (χ3n) is 2.71. The number of ether oxygens (including phenoxy) is 1. The summed E-state index contributed by atoms with van der Waals surface area (Å²) in [4.78, 5) is 0. The van der Waals surface area contributed by atoms with Crippen molar-refractivity contribution in [3.8, 4) is 0 Å². The van der Waals surface area contributed by atoms with Crippen LogP contribution in [0.25, 0.3) is 0 Å². The van der Waals surface area contributed by atoms with Crippen LogP contribution in [-0.2, 0) is 14.9 Å². The molecule has 1 aliphatic rings. The van der Waals surface area contributed by atoms with E-state index in [1.54, 1.807) is 13.8 Å². The Morgan fingerprint density at radius 1 is 1.44 bits per heavy atom. The fraction of sp³-hybridized carbons (Fsp3) is 1.00. The van der Waals surface area contributed by atoms with Crippen molar-refractivity contribution in [2.75, 3.05) is 32.8 Å². The first-order valence-corrected chi connectivity index (χ1v) is 6.92. The minimum Gasteiger partial charge on any atom is -0.386 e. The van der Waals surface area contributed by atoms with E-state index in [0.29, 0.717) is 26.1 Å². The number of hydrogen-bond donors (Lipinski definition) is 2. The molecule has 0 aromatic carbocycles. The maximum absolute atomic E-state index is 11.8. The van der Waals surface area contributed by atoms with Crippen LogP contribution in [0.4, 0.5) is 0 Å². The number of hydrogen-bond acceptors (Lipinski definition) is 4. The zero-order valence-corrected chi connectivity index (χ0v) is 10.6. The van der Waals surface area contributed by atoms with Gasteiger partial charge in [0.05, 0.1) is 6.61 Å². The van der Waals surface area contributed by atoms with E-state index >= 15 is 0 Å². The smallest absolute Gasteiger partial charge is 0.279 e. The van der Waals surface area contributed by atoms with Crippen molar-refractivity contribution in [1.82, 2.24) is 9.03 Å². The van der Waals surface area contributed by atoms with E-state index in [-0.39, 0.29) is 13.2 Å². The minimum absolute atomic E-state index is 0.00579. The standard InChI is InChI=1S/C9H20N2O4S/c1-3-11(4-2)16(13,14)10-7-9(12)5-6-15-8-9/h10,12H,3-8H2,1-2H3. The highest BCUT2D eigenvalue weighted by Crippen LogP contribution is 2.17. The molecule has 16 heavy (non-hydrogen) atoms. The highest BCUT2D eigenvalue weighted by Gasteiger charge is 2.34. The molecule has 0 radical (unpaired) electrons. The number of nitrogens with one attached hydrogen (secondary N) is 1. The first kappa shape index (κ1) is 13.9. The van der Waals surface area contributed by atoms with Crippen molar-refractivity contribution < 1.29 is 18.3 Å². The van der Waals surface area contributed by atoms with E-state index in [0.717, 1.165) is 0 Å². The molecule has 1 aliphatic heterocycles. The maximum Gasteiger partial charge on any atom is 0.279 e. The van der Waals surface area contributed by atoms with Crippen LogP contribution in [0.15, 0.2) is 0 Å². The second-order valence-corrected chi connectivity index (χ2v) is 5.69. The zero-order valence-electron chi connectivity index (χ0n) is 9.77. The SMILES string of the molecule is CCN(CC)S(=O)(=O)NCC1(O)CCOC1. The van der Waals surface area contributed by atoms with Crippen LogP contribution in [0.3, 0.4) is 0 Å². The van der Waals surface area contributed by atoms with Gasteiger partial charge in [0.1, 0.15) is 5.60 Å². The van der Waals surface area contributed by atoms with Gasteiger partial charge in [-0.2, -0.15) is 17.4 Å². The highest BCUT2D eigenvalue weighted by atomic mass is 32.2. The topological polar surface area (TPSA) is 78.9 Å². The Morgan fingerprint density at radius 3 is 2.50 bits per heavy atom. The third kappa shape index (κ3) is 3.39. The van der Waals surface area contributed by atoms with Gasteiger partial charge in [-0.25, -0.2) is 0 Å². The summed E-state index contributed by atoms with van der Waals surface area (Å²) in [6.07, 6.45) is 0.466. The lowest BCUT2D eigenvalue weighted by Gasteiger charge is -2.24. The van der Waals surface area contributed by atoms with Crippen LogP contribution in [-0.4, -0.2) is 56.3 Å². The largest absolute Gasteiger partial charge is 0.386 e. The van der Waals surface area contributed by atoms with Crippen LogP contribution in [0.1, 0.15) is 20.3 Å². The molecule has 6 nitrogen and oxygen atoms in total. The Balaban J connectivity index is 2.53. The molecule has 0 aliphatic carbocycles. The first-order chi connectivity index (χ1) is 7.43. The molecule has 1 atom stereocenters. The van der Waals surface area contributed by atoms with E-state index in [2.05, 4.69) is 4.72 Å². The molecular weight excluding hydrogens is 232 g/mol. The monoisotopic (exact) mass is 252 g/mol. The Kier molecular flexibility index (Phi) is 4.69. The van der Waals surface area contributed by atoms with E-state index in [1.165, 1.54) is 4.31 Å². The van der Waals surface area contributed by atoms with Crippen molar-refractivity contribution in [3.63, 3.8) is 0 Å². The lowest BCUT2D eigenvalue weighted by Crippen LogP contribution is -2.48. The van der Waals surface area contributed by atoms with E-state index in [4.69, 9.17) is 4.74 Å². The third-order valence-corrected chi connectivity index (χ3v) is 4.42. The van der Waals surface area contributed by atoms with Gasteiger partial charge in [-0.3, -0.25) is 0 Å². The first-order valence-electron chi connectivity index (χ1n) is 5.48. The van der Waals surface area contributed by atoms with Gasteiger partial charge in [0.2, 0.25) is 0 Å². The van der Waals surface area contributed by atoms with Gasteiger partial charge in [-0.15, -0.1) is 0 Å². The summed E-state index contributed by atoms with van der Waals surface area (Å²) in [5, 5.41) is 9.91. The van der Waals surface area contributed by atoms with Crippen molar-refractivity contribution in [3.05, 3.63) is 0 Å². The summed E-state index contributed by atoms with van der Waals surface area (Å²) in [5.74, 6) is 0. The fourth-order valence-electron chi connectivity index (χ4n) is 1.62. The molecule has 0 aromatic heterocycles. The molecule has 0 amide bonds. The van der Waals surface area contributed by atoms with Crippen LogP contribution in [0.5, 0.6) is 0 Å².